The molecule has 1 heterocycles. The highest BCUT2D eigenvalue weighted by molar-refractivity contribution is 9.10. The van der Waals surface area contributed by atoms with E-state index in [1.807, 2.05) is 12.1 Å². The summed E-state index contributed by atoms with van der Waals surface area (Å²) >= 11 is 3.29. The number of halogens is 1. The summed E-state index contributed by atoms with van der Waals surface area (Å²) in [5.41, 5.74) is 0. The molecule has 80 valence electrons. The van der Waals surface area contributed by atoms with Crippen molar-refractivity contribution in [2.75, 3.05) is 13.1 Å². The summed E-state index contributed by atoms with van der Waals surface area (Å²) in [6.45, 7) is 6.56. The number of nitrogens with one attached hydrogen (secondary N) is 1. The Morgan fingerprint density at radius 1 is 1.50 bits per heavy atom. The Kier molecular flexibility index (Phi) is 5.26. The number of hydrogen-bond acceptors (Lipinski definition) is 2. The number of furan rings is 1. The first-order valence-corrected chi connectivity index (χ1v) is 5.96. The molecule has 1 atom stereocenters. The van der Waals surface area contributed by atoms with Crippen LogP contribution in [0.4, 0.5) is 0 Å². The first-order chi connectivity index (χ1) is 6.72. The summed E-state index contributed by atoms with van der Waals surface area (Å²) in [6.07, 6.45) is 2.20. The Balaban J connectivity index is 2.10. The molecule has 0 fully saturated rings. The second kappa shape index (κ2) is 6.25. The Morgan fingerprint density at radius 2 is 2.29 bits per heavy atom. The van der Waals surface area contributed by atoms with Crippen molar-refractivity contribution in [3.8, 4) is 0 Å². The van der Waals surface area contributed by atoms with Crippen molar-refractivity contribution in [1.82, 2.24) is 5.32 Å². The average Bonchev–Trinajstić information content (AvgIpc) is 2.58. The van der Waals surface area contributed by atoms with Crippen LogP contribution in [0.25, 0.3) is 0 Å². The van der Waals surface area contributed by atoms with Gasteiger partial charge in [0.2, 0.25) is 0 Å². The summed E-state index contributed by atoms with van der Waals surface area (Å²) in [5.74, 6) is 1.80. The molecule has 14 heavy (non-hydrogen) atoms. The zero-order chi connectivity index (χ0) is 10.4. The highest BCUT2D eigenvalue weighted by atomic mass is 79.9. The van der Waals surface area contributed by atoms with E-state index < -0.39 is 0 Å². The van der Waals surface area contributed by atoms with Gasteiger partial charge >= 0.3 is 0 Å². The second-order valence-corrected chi connectivity index (χ2v) is 4.45. The monoisotopic (exact) mass is 259 g/mol. The molecule has 0 amide bonds. The standard InChI is InChI=1S/C11H18BrNO/c1-3-9(2)8-13-7-6-10-4-5-11(12)14-10/h4-5,9,13H,3,6-8H2,1-2H3. The first kappa shape index (κ1) is 11.8. The van der Waals surface area contributed by atoms with E-state index >= 15 is 0 Å². The molecule has 1 aromatic heterocycles. The summed E-state index contributed by atoms with van der Waals surface area (Å²) in [5, 5.41) is 3.42. The average molecular weight is 260 g/mol. The lowest BCUT2D eigenvalue weighted by molar-refractivity contribution is 0.461. The molecular formula is C11H18BrNO. The maximum absolute atomic E-state index is 5.39. The predicted molar refractivity (Wildman–Crippen MR) is 62.4 cm³/mol. The first-order valence-electron chi connectivity index (χ1n) is 5.17. The van der Waals surface area contributed by atoms with Gasteiger partial charge in [-0.15, -0.1) is 0 Å². The normalized spacial score (nSPS) is 13.1. The molecule has 0 radical (unpaired) electrons. The fraction of sp³-hybridized carbons (Fsp3) is 0.636. The van der Waals surface area contributed by atoms with Crippen molar-refractivity contribution in [1.29, 1.82) is 0 Å². The topological polar surface area (TPSA) is 25.2 Å². The molecule has 0 spiro atoms. The van der Waals surface area contributed by atoms with E-state index in [0.29, 0.717) is 0 Å². The van der Waals surface area contributed by atoms with Crippen LogP contribution in [-0.4, -0.2) is 13.1 Å². The largest absolute Gasteiger partial charge is 0.454 e. The van der Waals surface area contributed by atoms with E-state index in [0.717, 1.165) is 35.9 Å². The van der Waals surface area contributed by atoms with Gasteiger partial charge in [0.05, 0.1) is 0 Å². The molecule has 1 N–H and O–H groups in total. The summed E-state index contributed by atoms with van der Waals surface area (Å²) in [4.78, 5) is 0. The molecule has 2 nitrogen and oxygen atoms in total. The predicted octanol–water partition coefficient (Wildman–Crippen LogP) is 3.22. The fourth-order valence-electron chi connectivity index (χ4n) is 1.19. The van der Waals surface area contributed by atoms with Crippen LogP contribution in [0.15, 0.2) is 21.2 Å². The molecule has 1 rings (SSSR count). The zero-order valence-electron chi connectivity index (χ0n) is 8.85. The minimum atomic E-state index is 0.762. The molecule has 0 saturated carbocycles. The number of rotatable bonds is 6. The zero-order valence-corrected chi connectivity index (χ0v) is 10.4. The minimum absolute atomic E-state index is 0.762. The molecule has 0 aliphatic heterocycles. The van der Waals surface area contributed by atoms with Crippen LogP contribution in [0, 0.1) is 5.92 Å². The van der Waals surface area contributed by atoms with Gasteiger partial charge in [-0.05, 0) is 40.5 Å². The van der Waals surface area contributed by atoms with Crippen LogP contribution in [0.5, 0.6) is 0 Å². The van der Waals surface area contributed by atoms with E-state index in [1.54, 1.807) is 0 Å². The van der Waals surface area contributed by atoms with E-state index in [1.165, 1.54) is 6.42 Å². The van der Waals surface area contributed by atoms with Gasteiger partial charge in [-0.25, -0.2) is 0 Å². The molecule has 0 aliphatic carbocycles. The molecular weight excluding hydrogens is 242 g/mol. The lowest BCUT2D eigenvalue weighted by atomic mass is 10.1. The van der Waals surface area contributed by atoms with Crippen LogP contribution in [-0.2, 0) is 6.42 Å². The van der Waals surface area contributed by atoms with Crippen LogP contribution in [0.3, 0.4) is 0 Å². The highest BCUT2D eigenvalue weighted by Gasteiger charge is 2.00. The van der Waals surface area contributed by atoms with Crippen molar-refractivity contribution in [3.63, 3.8) is 0 Å². The Labute approximate surface area is 94.2 Å². The summed E-state index contributed by atoms with van der Waals surface area (Å²) < 4.78 is 6.21. The van der Waals surface area contributed by atoms with E-state index in [9.17, 15) is 0 Å². The van der Waals surface area contributed by atoms with E-state index in [-0.39, 0.29) is 0 Å². The van der Waals surface area contributed by atoms with Gasteiger partial charge < -0.3 is 9.73 Å². The lowest BCUT2D eigenvalue weighted by Gasteiger charge is -2.08. The summed E-state index contributed by atoms with van der Waals surface area (Å²) in [6, 6.07) is 3.94. The quantitative estimate of drug-likeness (QED) is 0.794. The van der Waals surface area contributed by atoms with Crippen LogP contribution in [0.1, 0.15) is 26.0 Å². The van der Waals surface area contributed by atoms with Gasteiger partial charge in [-0.1, -0.05) is 20.3 Å². The van der Waals surface area contributed by atoms with E-state index in [4.69, 9.17) is 4.42 Å². The van der Waals surface area contributed by atoms with Gasteiger partial charge in [0.15, 0.2) is 4.67 Å². The van der Waals surface area contributed by atoms with Gasteiger partial charge in [-0.2, -0.15) is 0 Å². The number of hydrogen-bond donors (Lipinski definition) is 1. The highest BCUT2D eigenvalue weighted by Crippen LogP contribution is 2.13. The van der Waals surface area contributed by atoms with Crippen LogP contribution >= 0.6 is 15.9 Å². The van der Waals surface area contributed by atoms with Crippen molar-refractivity contribution in [2.24, 2.45) is 5.92 Å². The van der Waals surface area contributed by atoms with Crippen LogP contribution in [0.2, 0.25) is 0 Å². The lowest BCUT2D eigenvalue weighted by Crippen LogP contribution is -2.23. The maximum atomic E-state index is 5.39. The Morgan fingerprint density at radius 3 is 2.86 bits per heavy atom. The molecule has 3 heteroatoms. The van der Waals surface area contributed by atoms with Gasteiger partial charge in [0.25, 0.3) is 0 Å². The molecule has 0 saturated heterocycles. The maximum Gasteiger partial charge on any atom is 0.169 e. The third kappa shape index (κ3) is 4.29. The Hall–Kier alpha value is -0.280. The third-order valence-electron chi connectivity index (χ3n) is 2.37. The second-order valence-electron chi connectivity index (χ2n) is 3.67. The molecule has 0 aromatic carbocycles. The van der Waals surface area contributed by atoms with E-state index in [2.05, 4.69) is 35.1 Å². The van der Waals surface area contributed by atoms with Gasteiger partial charge in [0, 0.05) is 13.0 Å². The third-order valence-corrected chi connectivity index (χ3v) is 2.79. The molecule has 1 unspecified atom stereocenters. The van der Waals surface area contributed by atoms with Crippen molar-refractivity contribution in [3.05, 3.63) is 22.6 Å². The molecule has 0 bridgehead atoms. The van der Waals surface area contributed by atoms with Crippen molar-refractivity contribution >= 4 is 15.9 Å². The summed E-state index contributed by atoms with van der Waals surface area (Å²) in [7, 11) is 0. The van der Waals surface area contributed by atoms with Gasteiger partial charge in [0.1, 0.15) is 5.76 Å². The fourth-order valence-corrected chi connectivity index (χ4v) is 1.53. The smallest absolute Gasteiger partial charge is 0.169 e. The Bertz CT molecular complexity index is 260. The molecule has 1 aromatic rings. The van der Waals surface area contributed by atoms with Crippen molar-refractivity contribution in [2.45, 2.75) is 26.7 Å². The van der Waals surface area contributed by atoms with Crippen LogP contribution < -0.4 is 5.32 Å². The minimum Gasteiger partial charge on any atom is -0.454 e. The molecule has 0 aliphatic rings. The van der Waals surface area contributed by atoms with Crippen molar-refractivity contribution < 1.29 is 4.42 Å². The van der Waals surface area contributed by atoms with Gasteiger partial charge in [-0.3, -0.25) is 0 Å². The SMILES string of the molecule is CCC(C)CNCCc1ccc(Br)o1.